The molecule has 0 N–H and O–H groups in total. The maximum absolute atomic E-state index is 5.28. The van der Waals surface area contributed by atoms with E-state index in [-0.39, 0.29) is 0 Å². The van der Waals surface area contributed by atoms with Gasteiger partial charge in [-0.3, -0.25) is 0 Å². The maximum atomic E-state index is 5.28. The van der Waals surface area contributed by atoms with Crippen LogP contribution in [0.4, 0.5) is 0 Å². The van der Waals surface area contributed by atoms with Crippen LogP contribution in [0, 0.1) is 0 Å². The summed E-state index contributed by atoms with van der Waals surface area (Å²) in [5, 5.41) is 0. The van der Waals surface area contributed by atoms with Crippen molar-refractivity contribution < 1.29 is 14.2 Å². The number of benzene rings is 2. The van der Waals surface area contributed by atoms with Gasteiger partial charge in [0.05, 0.1) is 21.3 Å². The average molecular weight is 270 g/mol. The van der Waals surface area contributed by atoms with Crippen molar-refractivity contribution in [3.63, 3.8) is 0 Å². The minimum atomic E-state index is 0.726. The van der Waals surface area contributed by atoms with Crippen molar-refractivity contribution in [2.24, 2.45) is 0 Å². The number of methoxy groups -OCH3 is 3. The standard InChI is InChI=1S/C17H18O3/c1-18-15-9-6-13(7-10-15)4-5-14-8-11-16(19-2)17(12-14)20-3/h4-12H,1-3H3/b5-4+. The van der Waals surface area contributed by atoms with Gasteiger partial charge in [0.2, 0.25) is 0 Å². The molecule has 3 heteroatoms. The fourth-order valence-electron chi connectivity index (χ4n) is 1.86. The van der Waals surface area contributed by atoms with E-state index in [0.29, 0.717) is 0 Å². The monoisotopic (exact) mass is 270 g/mol. The zero-order chi connectivity index (χ0) is 14.4. The molecule has 0 bridgehead atoms. The first-order valence-corrected chi connectivity index (χ1v) is 6.31. The molecule has 0 radical (unpaired) electrons. The van der Waals surface area contributed by atoms with Gasteiger partial charge in [-0.15, -0.1) is 0 Å². The highest BCUT2D eigenvalue weighted by Gasteiger charge is 2.02. The third-order valence-electron chi connectivity index (χ3n) is 2.99. The minimum Gasteiger partial charge on any atom is -0.497 e. The second kappa shape index (κ2) is 6.66. The van der Waals surface area contributed by atoms with Crippen molar-refractivity contribution in [1.29, 1.82) is 0 Å². The van der Waals surface area contributed by atoms with Crippen LogP contribution in [0.3, 0.4) is 0 Å². The van der Waals surface area contributed by atoms with Crippen molar-refractivity contribution in [3.8, 4) is 17.2 Å². The largest absolute Gasteiger partial charge is 0.497 e. The molecule has 0 amide bonds. The molecule has 0 aliphatic heterocycles. The zero-order valence-corrected chi connectivity index (χ0v) is 11.9. The van der Waals surface area contributed by atoms with Crippen LogP contribution in [0.5, 0.6) is 17.2 Å². The SMILES string of the molecule is COc1ccc(/C=C/c2ccc(OC)c(OC)c2)cc1. The van der Waals surface area contributed by atoms with Gasteiger partial charge in [-0.05, 0) is 35.4 Å². The van der Waals surface area contributed by atoms with E-state index in [2.05, 4.69) is 0 Å². The van der Waals surface area contributed by atoms with E-state index in [1.807, 2.05) is 54.6 Å². The molecule has 0 aliphatic rings. The van der Waals surface area contributed by atoms with Crippen molar-refractivity contribution in [3.05, 3.63) is 53.6 Å². The Labute approximate surface area is 119 Å². The molecule has 0 aromatic heterocycles. The molecule has 3 nitrogen and oxygen atoms in total. The van der Waals surface area contributed by atoms with Crippen molar-refractivity contribution in [2.75, 3.05) is 21.3 Å². The highest BCUT2D eigenvalue weighted by atomic mass is 16.5. The van der Waals surface area contributed by atoms with Gasteiger partial charge in [-0.2, -0.15) is 0 Å². The van der Waals surface area contributed by atoms with E-state index < -0.39 is 0 Å². The third-order valence-corrected chi connectivity index (χ3v) is 2.99. The number of hydrogen-bond acceptors (Lipinski definition) is 3. The zero-order valence-electron chi connectivity index (χ0n) is 11.9. The maximum Gasteiger partial charge on any atom is 0.161 e. The first-order chi connectivity index (χ1) is 9.76. The molecule has 0 aliphatic carbocycles. The Morgan fingerprint density at radius 2 is 1.25 bits per heavy atom. The smallest absolute Gasteiger partial charge is 0.161 e. The summed E-state index contributed by atoms with van der Waals surface area (Å²) < 4.78 is 15.6. The molecule has 0 saturated carbocycles. The topological polar surface area (TPSA) is 27.7 Å². The highest BCUT2D eigenvalue weighted by molar-refractivity contribution is 5.71. The number of hydrogen-bond donors (Lipinski definition) is 0. The van der Waals surface area contributed by atoms with Crippen molar-refractivity contribution in [1.82, 2.24) is 0 Å². The molecule has 0 atom stereocenters. The molecule has 0 spiro atoms. The second-order valence-electron chi connectivity index (χ2n) is 4.22. The highest BCUT2D eigenvalue weighted by Crippen LogP contribution is 2.28. The van der Waals surface area contributed by atoms with Crippen LogP contribution < -0.4 is 14.2 Å². The Hall–Kier alpha value is -2.42. The van der Waals surface area contributed by atoms with Crippen LogP contribution in [0.2, 0.25) is 0 Å². The summed E-state index contributed by atoms with van der Waals surface area (Å²) in [5.41, 5.74) is 2.17. The number of rotatable bonds is 5. The molecule has 0 saturated heterocycles. The van der Waals surface area contributed by atoms with Crippen molar-refractivity contribution >= 4 is 12.2 Å². The van der Waals surface area contributed by atoms with Crippen LogP contribution in [-0.4, -0.2) is 21.3 Å². The summed E-state index contributed by atoms with van der Waals surface area (Å²) in [5.74, 6) is 2.31. The van der Waals surface area contributed by atoms with Crippen molar-refractivity contribution in [2.45, 2.75) is 0 Å². The quantitative estimate of drug-likeness (QED) is 0.772. The first-order valence-electron chi connectivity index (χ1n) is 6.31. The summed E-state index contributed by atoms with van der Waals surface area (Å²) in [6.45, 7) is 0. The summed E-state index contributed by atoms with van der Waals surface area (Å²) in [6.07, 6.45) is 4.07. The fraction of sp³-hybridized carbons (Fsp3) is 0.176. The summed E-state index contributed by atoms with van der Waals surface area (Å²) >= 11 is 0. The Balaban J connectivity index is 2.17. The van der Waals surface area contributed by atoms with E-state index in [1.54, 1.807) is 21.3 Å². The lowest BCUT2D eigenvalue weighted by Crippen LogP contribution is -1.90. The predicted octanol–water partition coefficient (Wildman–Crippen LogP) is 3.88. The van der Waals surface area contributed by atoms with Gasteiger partial charge >= 0.3 is 0 Å². The first kappa shape index (κ1) is 14.0. The molecular formula is C17H18O3. The molecule has 2 rings (SSSR count). The normalized spacial score (nSPS) is 10.6. The van der Waals surface area contributed by atoms with Gasteiger partial charge in [0.15, 0.2) is 11.5 Å². The van der Waals surface area contributed by atoms with Gasteiger partial charge in [0.25, 0.3) is 0 Å². The van der Waals surface area contributed by atoms with Gasteiger partial charge in [-0.1, -0.05) is 30.4 Å². The second-order valence-corrected chi connectivity index (χ2v) is 4.22. The van der Waals surface area contributed by atoms with Gasteiger partial charge in [0, 0.05) is 0 Å². The Bertz CT molecular complexity index is 586. The van der Waals surface area contributed by atoms with Crippen LogP contribution in [0.15, 0.2) is 42.5 Å². The molecular weight excluding hydrogens is 252 g/mol. The summed E-state index contributed by atoms with van der Waals surface area (Å²) in [4.78, 5) is 0. The Morgan fingerprint density at radius 1 is 0.650 bits per heavy atom. The van der Waals surface area contributed by atoms with Gasteiger partial charge in [0.1, 0.15) is 5.75 Å². The van der Waals surface area contributed by atoms with E-state index in [9.17, 15) is 0 Å². The fourth-order valence-corrected chi connectivity index (χ4v) is 1.86. The lowest BCUT2D eigenvalue weighted by Gasteiger charge is -2.07. The van der Waals surface area contributed by atoms with E-state index in [1.165, 1.54) is 0 Å². The van der Waals surface area contributed by atoms with Crippen LogP contribution in [-0.2, 0) is 0 Å². The van der Waals surface area contributed by atoms with E-state index in [4.69, 9.17) is 14.2 Å². The molecule has 2 aromatic carbocycles. The summed E-state index contributed by atoms with van der Waals surface area (Å²) in [6, 6.07) is 13.7. The third kappa shape index (κ3) is 3.32. The molecule has 104 valence electrons. The molecule has 20 heavy (non-hydrogen) atoms. The molecule has 0 heterocycles. The Kier molecular flexibility index (Phi) is 4.66. The van der Waals surface area contributed by atoms with E-state index in [0.717, 1.165) is 28.4 Å². The van der Waals surface area contributed by atoms with Crippen LogP contribution in [0.1, 0.15) is 11.1 Å². The van der Waals surface area contributed by atoms with Gasteiger partial charge < -0.3 is 14.2 Å². The summed E-state index contributed by atoms with van der Waals surface area (Å²) in [7, 11) is 4.92. The van der Waals surface area contributed by atoms with Crippen LogP contribution >= 0.6 is 0 Å². The average Bonchev–Trinajstić information content (AvgIpc) is 2.53. The Morgan fingerprint density at radius 3 is 1.85 bits per heavy atom. The lowest BCUT2D eigenvalue weighted by atomic mass is 10.1. The minimum absolute atomic E-state index is 0.726. The molecule has 0 fully saturated rings. The predicted molar refractivity (Wildman–Crippen MR) is 81.5 cm³/mol. The molecule has 0 unspecified atom stereocenters. The van der Waals surface area contributed by atoms with Crippen LogP contribution in [0.25, 0.3) is 12.2 Å². The van der Waals surface area contributed by atoms with Gasteiger partial charge in [-0.25, -0.2) is 0 Å². The van der Waals surface area contributed by atoms with E-state index >= 15 is 0 Å². The molecule has 2 aromatic rings. The number of ether oxygens (including phenoxy) is 3. The lowest BCUT2D eigenvalue weighted by molar-refractivity contribution is 0.355.